The van der Waals surface area contributed by atoms with Crippen molar-refractivity contribution in [3.8, 4) is 5.75 Å². The van der Waals surface area contributed by atoms with Gasteiger partial charge in [0, 0.05) is 6.21 Å². The summed E-state index contributed by atoms with van der Waals surface area (Å²) in [4.78, 5) is 16.5. The molecule has 5 nitrogen and oxygen atoms in total. The second-order valence-corrected chi connectivity index (χ2v) is 5.73. The molecule has 0 aromatic heterocycles. The number of phenolic OH excluding ortho intramolecular Hbond substituents is 1. The van der Waals surface area contributed by atoms with E-state index in [0.717, 1.165) is 11.1 Å². The quantitative estimate of drug-likeness (QED) is 0.748. The van der Waals surface area contributed by atoms with Gasteiger partial charge in [0.15, 0.2) is 5.76 Å². The van der Waals surface area contributed by atoms with Crippen LogP contribution in [0.25, 0.3) is 6.08 Å². The molecule has 1 heterocycles. The van der Waals surface area contributed by atoms with E-state index in [9.17, 15) is 15.0 Å². The second-order valence-electron chi connectivity index (χ2n) is 5.73. The minimum absolute atomic E-state index is 0.126. The molecule has 1 atom stereocenters. The van der Waals surface area contributed by atoms with Crippen molar-refractivity contribution in [2.75, 3.05) is 0 Å². The number of aromatic hydroxyl groups is 1. The lowest BCUT2D eigenvalue weighted by Crippen LogP contribution is -2.16. The lowest BCUT2D eigenvalue weighted by Gasteiger charge is -2.05. The normalized spacial score (nSPS) is 17.3. The second kappa shape index (κ2) is 7.05. The maximum atomic E-state index is 12.1. The first-order valence-corrected chi connectivity index (χ1v) is 7.88. The van der Waals surface area contributed by atoms with Gasteiger partial charge in [-0.1, -0.05) is 42.5 Å². The van der Waals surface area contributed by atoms with Crippen LogP contribution in [0.1, 0.15) is 24.1 Å². The van der Waals surface area contributed by atoms with E-state index in [-0.39, 0.29) is 23.1 Å². The summed E-state index contributed by atoms with van der Waals surface area (Å²) in [6, 6.07) is 16.0. The Hall–Kier alpha value is -3.34. The summed E-state index contributed by atoms with van der Waals surface area (Å²) in [7, 11) is 0. The van der Waals surface area contributed by atoms with Crippen LogP contribution in [0.3, 0.4) is 0 Å². The molecule has 1 aliphatic rings. The van der Waals surface area contributed by atoms with Crippen molar-refractivity contribution in [2.24, 2.45) is 4.99 Å². The van der Waals surface area contributed by atoms with Gasteiger partial charge < -0.3 is 15.5 Å². The van der Waals surface area contributed by atoms with Crippen molar-refractivity contribution in [1.82, 2.24) is 5.32 Å². The zero-order valence-electron chi connectivity index (χ0n) is 13.7. The predicted molar refractivity (Wildman–Crippen MR) is 97.2 cm³/mol. The molecule has 0 saturated heterocycles. The number of nitrogens with one attached hydrogen (secondary N) is 1. The fourth-order valence-electron chi connectivity index (χ4n) is 2.47. The molecule has 5 heteroatoms. The zero-order valence-corrected chi connectivity index (χ0v) is 13.7. The Morgan fingerprint density at radius 3 is 2.40 bits per heavy atom. The number of carbonyl (C=O) groups is 1. The van der Waals surface area contributed by atoms with Crippen LogP contribution in [-0.2, 0) is 4.79 Å². The number of hydrogen-bond donors (Lipinski definition) is 3. The van der Waals surface area contributed by atoms with Gasteiger partial charge in [-0.05, 0) is 36.3 Å². The molecule has 0 saturated carbocycles. The molecular formula is C20H18N2O3. The molecule has 0 spiro atoms. The van der Waals surface area contributed by atoms with Gasteiger partial charge in [-0.2, -0.15) is 0 Å². The van der Waals surface area contributed by atoms with Gasteiger partial charge in [0.2, 0.25) is 0 Å². The predicted octanol–water partition coefficient (Wildman–Crippen LogP) is 3.51. The highest BCUT2D eigenvalue weighted by atomic mass is 16.3. The molecule has 0 aliphatic carbocycles. The summed E-state index contributed by atoms with van der Waals surface area (Å²) in [6.07, 6.45) is 3.04. The monoisotopic (exact) mass is 334 g/mol. The van der Waals surface area contributed by atoms with Crippen molar-refractivity contribution in [2.45, 2.75) is 13.0 Å². The standard InChI is InChI=1S/C20H18N2O3/c1-13(15-5-3-2-4-6-15)21-12-17-19(24)18(22-20(17)25)11-14-7-9-16(23)10-8-14/h2-13,23-24H,1H3,(H,22,25)/b18-11+,21-12?/t13-/m0/s1. The van der Waals surface area contributed by atoms with Gasteiger partial charge in [0.05, 0.1) is 11.7 Å². The number of aliphatic hydroxyl groups is 1. The minimum atomic E-state index is -0.397. The van der Waals surface area contributed by atoms with Crippen molar-refractivity contribution in [3.05, 3.63) is 82.8 Å². The largest absolute Gasteiger partial charge is 0.508 e. The summed E-state index contributed by atoms with van der Waals surface area (Å²) in [5.74, 6) is -0.381. The Morgan fingerprint density at radius 2 is 1.72 bits per heavy atom. The van der Waals surface area contributed by atoms with Gasteiger partial charge in [-0.15, -0.1) is 0 Å². The van der Waals surface area contributed by atoms with E-state index in [1.807, 2.05) is 37.3 Å². The Balaban J connectivity index is 1.83. The minimum Gasteiger partial charge on any atom is -0.508 e. The van der Waals surface area contributed by atoms with Crippen LogP contribution in [0.5, 0.6) is 5.75 Å². The number of hydrogen-bond acceptors (Lipinski definition) is 4. The van der Waals surface area contributed by atoms with E-state index in [1.54, 1.807) is 18.2 Å². The number of rotatable bonds is 4. The first-order chi connectivity index (χ1) is 12.0. The first-order valence-electron chi connectivity index (χ1n) is 7.88. The fourth-order valence-corrected chi connectivity index (χ4v) is 2.47. The maximum Gasteiger partial charge on any atom is 0.261 e. The molecule has 0 bridgehead atoms. The van der Waals surface area contributed by atoms with Crippen LogP contribution in [0.15, 0.2) is 76.6 Å². The Bertz CT molecular complexity index is 866. The fraction of sp³-hybridized carbons (Fsp3) is 0.100. The molecule has 1 amide bonds. The van der Waals surface area contributed by atoms with Crippen molar-refractivity contribution < 1.29 is 15.0 Å². The van der Waals surface area contributed by atoms with E-state index in [2.05, 4.69) is 10.3 Å². The average molecular weight is 334 g/mol. The lowest BCUT2D eigenvalue weighted by atomic mass is 10.1. The summed E-state index contributed by atoms with van der Waals surface area (Å²) < 4.78 is 0. The number of phenols is 1. The van der Waals surface area contributed by atoms with E-state index in [0.29, 0.717) is 5.70 Å². The maximum absolute atomic E-state index is 12.1. The van der Waals surface area contributed by atoms with Gasteiger partial charge in [-0.25, -0.2) is 0 Å². The lowest BCUT2D eigenvalue weighted by molar-refractivity contribution is -0.115. The number of nitrogens with zero attached hydrogens (tertiary/aromatic N) is 1. The highest BCUT2D eigenvalue weighted by Gasteiger charge is 2.25. The highest BCUT2D eigenvalue weighted by Crippen LogP contribution is 2.22. The van der Waals surface area contributed by atoms with Crippen LogP contribution in [-0.4, -0.2) is 22.3 Å². The molecule has 3 N–H and O–H groups in total. The third-order valence-electron chi connectivity index (χ3n) is 3.92. The number of aliphatic imine (C=N–C) groups is 1. The molecule has 0 unspecified atom stereocenters. The summed E-state index contributed by atoms with van der Waals surface area (Å²) >= 11 is 0. The van der Waals surface area contributed by atoms with Gasteiger partial charge in [0.25, 0.3) is 5.91 Å². The van der Waals surface area contributed by atoms with E-state index in [4.69, 9.17) is 0 Å². The topological polar surface area (TPSA) is 81.9 Å². The van der Waals surface area contributed by atoms with Crippen molar-refractivity contribution >= 4 is 18.2 Å². The van der Waals surface area contributed by atoms with E-state index >= 15 is 0 Å². The van der Waals surface area contributed by atoms with Gasteiger partial charge in [0.1, 0.15) is 11.3 Å². The van der Waals surface area contributed by atoms with Crippen LogP contribution in [0.4, 0.5) is 0 Å². The summed E-state index contributed by atoms with van der Waals surface area (Å²) in [5, 5.41) is 22.2. The van der Waals surface area contributed by atoms with Crippen LogP contribution in [0.2, 0.25) is 0 Å². The molecule has 0 fully saturated rings. The summed E-state index contributed by atoms with van der Waals surface area (Å²) in [5.41, 5.74) is 2.21. The molecule has 25 heavy (non-hydrogen) atoms. The smallest absolute Gasteiger partial charge is 0.261 e. The van der Waals surface area contributed by atoms with Crippen molar-refractivity contribution in [3.63, 3.8) is 0 Å². The molecule has 1 aliphatic heterocycles. The third-order valence-corrected chi connectivity index (χ3v) is 3.92. The molecule has 0 radical (unpaired) electrons. The van der Waals surface area contributed by atoms with Crippen LogP contribution < -0.4 is 5.32 Å². The van der Waals surface area contributed by atoms with Crippen LogP contribution >= 0.6 is 0 Å². The summed E-state index contributed by atoms with van der Waals surface area (Å²) in [6.45, 7) is 1.92. The Labute approximate surface area is 145 Å². The van der Waals surface area contributed by atoms with E-state index in [1.165, 1.54) is 18.3 Å². The Morgan fingerprint density at radius 1 is 1.04 bits per heavy atom. The zero-order chi connectivity index (χ0) is 17.8. The molecular weight excluding hydrogens is 316 g/mol. The van der Waals surface area contributed by atoms with E-state index < -0.39 is 5.91 Å². The number of amides is 1. The average Bonchev–Trinajstić information content (AvgIpc) is 2.89. The molecule has 2 aromatic rings. The Kier molecular flexibility index (Phi) is 4.66. The number of benzene rings is 2. The molecule has 126 valence electrons. The third kappa shape index (κ3) is 3.77. The number of aliphatic hydroxyl groups excluding tert-OH is 1. The first kappa shape index (κ1) is 16.5. The SMILES string of the molecule is C[C@H](N=CC1=C(O)/C(=C\c2ccc(O)cc2)NC1=O)c1ccccc1. The molecule has 2 aromatic carbocycles. The van der Waals surface area contributed by atoms with Crippen molar-refractivity contribution in [1.29, 1.82) is 0 Å². The van der Waals surface area contributed by atoms with Gasteiger partial charge >= 0.3 is 0 Å². The molecule has 3 rings (SSSR count). The van der Waals surface area contributed by atoms with Gasteiger partial charge in [-0.3, -0.25) is 9.79 Å². The highest BCUT2D eigenvalue weighted by molar-refractivity contribution is 6.16. The van der Waals surface area contributed by atoms with Crippen LogP contribution in [0, 0.1) is 0 Å². The number of carbonyl (C=O) groups excluding carboxylic acids is 1.